The van der Waals surface area contributed by atoms with Gasteiger partial charge in [0.05, 0.1) is 11.4 Å². The van der Waals surface area contributed by atoms with E-state index in [0.29, 0.717) is 32.6 Å². The van der Waals surface area contributed by atoms with Gasteiger partial charge in [0.1, 0.15) is 0 Å². The Labute approximate surface area is 114 Å². The van der Waals surface area contributed by atoms with E-state index >= 15 is 0 Å². The van der Waals surface area contributed by atoms with E-state index in [-0.39, 0.29) is 5.25 Å². The quantitative estimate of drug-likeness (QED) is 0.756. The van der Waals surface area contributed by atoms with Crippen molar-refractivity contribution in [2.45, 2.75) is 37.9 Å². The van der Waals surface area contributed by atoms with Crippen LogP contribution in [-0.2, 0) is 21.2 Å². The van der Waals surface area contributed by atoms with E-state index in [1.807, 2.05) is 6.92 Å². The van der Waals surface area contributed by atoms with Gasteiger partial charge in [0.2, 0.25) is 10.0 Å². The molecule has 0 aliphatic carbocycles. The van der Waals surface area contributed by atoms with Gasteiger partial charge < -0.3 is 4.74 Å². The fourth-order valence-electron chi connectivity index (χ4n) is 2.23. The number of sulfonamides is 1. The van der Waals surface area contributed by atoms with E-state index in [0.717, 1.165) is 24.1 Å². The predicted octanol–water partition coefficient (Wildman–Crippen LogP) is 0.749. The maximum atomic E-state index is 12.0. The lowest BCUT2D eigenvalue weighted by atomic mass is 10.1. The summed E-state index contributed by atoms with van der Waals surface area (Å²) in [4.78, 5) is 0. The molecule has 19 heavy (non-hydrogen) atoms. The molecular weight excluding hydrogens is 266 g/mol. The number of ether oxygens (including phenoxy) is 1. The highest BCUT2D eigenvalue weighted by molar-refractivity contribution is 7.90. The fourth-order valence-corrected chi connectivity index (χ4v) is 3.70. The number of nitrogens with zero attached hydrogens (tertiary/aromatic N) is 1. The number of aryl methyl sites for hydroxylation is 2. The lowest BCUT2D eigenvalue weighted by molar-refractivity contribution is 0.0981. The number of hydrogen-bond acceptors (Lipinski definition) is 4. The summed E-state index contributed by atoms with van der Waals surface area (Å²) >= 11 is 0. The average Bonchev–Trinajstić information content (AvgIpc) is 2.81. The predicted molar refractivity (Wildman–Crippen MR) is 72.4 cm³/mol. The summed E-state index contributed by atoms with van der Waals surface area (Å²) in [6, 6.07) is 0. The van der Waals surface area contributed by atoms with Crippen molar-refractivity contribution in [3.05, 3.63) is 17.5 Å². The van der Waals surface area contributed by atoms with E-state index in [9.17, 15) is 8.42 Å². The van der Waals surface area contributed by atoms with E-state index < -0.39 is 10.0 Å². The maximum absolute atomic E-state index is 12.0. The van der Waals surface area contributed by atoms with Crippen molar-refractivity contribution >= 4 is 10.0 Å². The zero-order valence-corrected chi connectivity index (χ0v) is 12.0. The Bertz CT molecular complexity index is 492. The van der Waals surface area contributed by atoms with Crippen LogP contribution in [0.4, 0.5) is 0 Å². The Morgan fingerprint density at radius 3 is 2.84 bits per heavy atom. The van der Waals surface area contributed by atoms with Gasteiger partial charge in [-0.25, -0.2) is 13.1 Å². The van der Waals surface area contributed by atoms with Crippen LogP contribution < -0.4 is 4.72 Å². The Hall–Kier alpha value is -0.920. The van der Waals surface area contributed by atoms with Gasteiger partial charge in [0, 0.05) is 25.5 Å². The van der Waals surface area contributed by atoms with Crippen molar-refractivity contribution in [3.8, 4) is 0 Å². The highest BCUT2D eigenvalue weighted by atomic mass is 32.2. The number of aromatic nitrogens is 2. The van der Waals surface area contributed by atoms with Crippen molar-refractivity contribution in [1.29, 1.82) is 0 Å². The lowest BCUT2D eigenvalue weighted by Gasteiger charge is -2.22. The first kappa shape index (κ1) is 14.5. The molecule has 2 N–H and O–H groups in total. The van der Waals surface area contributed by atoms with Crippen molar-refractivity contribution in [2.24, 2.45) is 0 Å². The molecule has 0 bridgehead atoms. The second-order valence-corrected chi connectivity index (χ2v) is 6.92. The highest BCUT2D eigenvalue weighted by Crippen LogP contribution is 2.14. The molecule has 0 spiro atoms. The molecule has 2 heterocycles. The molecule has 6 nitrogen and oxygen atoms in total. The van der Waals surface area contributed by atoms with Crippen LogP contribution in [0.15, 0.2) is 6.20 Å². The monoisotopic (exact) mass is 287 g/mol. The van der Waals surface area contributed by atoms with Crippen LogP contribution in [0.3, 0.4) is 0 Å². The van der Waals surface area contributed by atoms with Crippen molar-refractivity contribution in [3.63, 3.8) is 0 Å². The van der Waals surface area contributed by atoms with E-state index in [1.165, 1.54) is 0 Å². The first-order valence-corrected chi connectivity index (χ1v) is 8.19. The molecule has 2 rings (SSSR count). The van der Waals surface area contributed by atoms with Gasteiger partial charge in [-0.1, -0.05) is 0 Å². The molecule has 0 radical (unpaired) electrons. The van der Waals surface area contributed by atoms with E-state index in [4.69, 9.17) is 4.74 Å². The van der Waals surface area contributed by atoms with Gasteiger partial charge in [0.25, 0.3) is 0 Å². The number of H-pyrrole nitrogens is 1. The van der Waals surface area contributed by atoms with E-state index in [1.54, 1.807) is 6.20 Å². The Kier molecular flexibility index (Phi) is 4.95. The maximum Gasteiger partial charge on any atom is 0.214 e. The number of hydrogen-bond donors (Lipinski definition) is 2. The summed E-state index contributed by atoms with van der Waals surface area (Å²) in [5, 5.41) is 6.53. The molecule has 1 fully saturated rings. The largest absolute Gasteiger partial charge is 0.381 e. The fraction of sp³-hybridized carbons (Fsp3) is 0.750. The topological polar surface area (TPSA) is 84.1 Å². The number of aromatic amines is 1. The van der Waals surface area contributed by atoms with Crippen LogP contribution in [0.25, 0.3) is 0 Å². The van der Waals surface area contributed by atoms with Gasteiger partial charge in [0.15, 0.2) is 0 Å². The van der Waals surface area contributed by atoms with Gasteiger partial charge >= 0.3 is 0 Å². The van der Waals surface area contributed by atoms with Gasteiger partial charge in [-0.05, 0) is 38.2 Å². The summed E-state index contributed by atoms with van der Waals surface area (Å²) in [5.74, 6) is 0. The van der Waals surface area contributed by atoms with Crippen LogP contribution in [0.1, 0.15) is 30.5 Å². The molecule has 0 atom stereocenters. The summed E-state index contributed by atoms with van der Waals surface area (Å²) in [5.41, 5.74) is 2.19. The van der Waals surface area contributed by atoms with Crippen LogP contribution >= 0.6 is 0 Å². The molecule has 1 aromatic rings. The standard InChI is InChI=1S/C12H21N3O3S/c1-10-11(9-13-15-10)3-2-6-14-19(16,17)12-4-7-18-8-5-12/h9,12,14H,2-8H2,1H3,(H,13,15). The third-order valence-electron chi connectivity index (χ3n) is 3.47. The minimum absolute atomic E-state index is 0.295. The number of rotatable bonds is 6. The Balaban J connectivity index is 1.74. The van der Waals surface area contributed by atoms with Gasteiger partial charge in [-0.15, -0.1) is 0 Å². The molecule has 1 saturated heterocycles. The van der Waals surface area contributed by atoms with Crippen LogP contribution in [-0.4, -0.2) is 43.6 Å². The van der Waals surface area contributed by atoms with E-state index in [2.05, 4.69) is 14.9 Å². The van der Waals surface area contributed by atoms with Crippen LogP contribution in [0.2, 0.25) is 0 Å². The van der Waals surface area contributed by atoms with Crippen molar-refractivity contribution in [2.75, 3.05) is 19.8 Å². The second-order valence-electron chi connectivity index (χ2n) is 4.87. The summed E-state index contributed by atoms with van der Waals surface area (Å²) in [7, 11) is -3.19. The third-order valence-corrected chi connectivity index (χ3v) is 5.42. The van der Waals surface area contributed by atoms with Crippen LogP contribution in [0, 0.1) is 6.92 Å². The normalized spacial score (nSPS) is 17.7. The molecule has 0 saturated carbocycles. The molecule has 1 aliphatic heterocycles. The summed E-state index contributed by atoms with van der Waals surface area (Å²) < 4.78 is 31.9. The van der Waals surface area contributed by atoms with Crippen LogP contribution in [0.5, 0.6) is 0 Å². The minimum atomic E-state index is -3.19. The molecule has 0 aromatic carbocycles. The average molecular weight is 287 g/mol. The number of nitrogens with one attached hydrogen (secondary N) is 2. The summed E-state index contributed by atoms with van der Waals surface area (Å²) in [6.07, 6.45) is 4.59. The molecule has 1 aromatic heterocycles. The SMILES string of the molecule is Cc1[nH]ncc1CCCNS(=O)(=O)C1CCOCC1. The molecule has 108 valence electrons. The Morgan fingerprint density at radius 1 is 1.47 bits per heavy atom. The van der Waals surface area contributed by atoms with Crippen molar-refractivity contribution < 1.29 is 13.2 Å². The molecule has 0 unspecified atom stereocenters. The molecule has 0 amide bonds. The molecule has 1 aliphatic rings. The zero-order valence-electron chi connectivity index (χ0n) is 11.2. The molecular formula is C12H21N3O3S. The van der Waals surface area contributed by atoms with Gasteiger partial charge in [-0.3, -0.25) is 5.10 Å². The molecule has 7 heteroatoms. The first-order valence-electron chi connectivity index (χ1n) is 6.64. The Morgan fingerprint density at radius 2 is 2.21 bits per heavy atom. The third kappa shape index (κ3) is 4.02. The first-order chi connectivity index (χ1) is 9.09. The second kappa shape index (κ2) is 6.49. The highest BCUT2D eigenvalue weighted by Gasteiger charge is 2.26. The minimum Gasteiger partial charge on any atom is -0.381 e. The lowest BCUT2D eigenvalue weighted by Crippen LogP contribution is -2.38. The summed E-state index contributed by atoms with van der Waals surface area (Å²) in [6.45, 7) is 3.53. The van der Waals surface area contributed by atoms with Gasteiger partial charge in [-0.2, -0.15) is 5.10 Å². The van der Waals surface area contributed by atoms with Crippen molar-refractivity contribution in [1.82, 2.24) is 14.9 Å². The smallest absolute Gasteiger partial charge is 0.214 e. The zero-order chi connectivity index (χ0) is 13.7.